The van der Waals surface area contributed by atoms with Gasteiger partial charge in [-0.1, -0.05) is 13.8 Å². The molecule has 0 unspecified atom stereocenters. The third kappa shape index (κ3) is 4.51. The van der Waals surface area contributed by atoms with E-state index in [4.69, 9.17) is 5.26 Å². The Kier molecular flexibility index (Phi) is 5.72. The highest BCUT2D eigenvalue weighted by molar-refractivity contribution is 4.98. The van der Waals surface area contributed by atoms with E-state index in [2.05, 4.69) is 16.9 Å². The second-order valence-corrected chi connectivity index (χ2v) is 2.36. The summed E-state index contributed by atoms with van der Waals surface area (Å²) < 4.78 is 0. The molecule has 0 aliphatic rings. The molecule has 1 rings (SSSR count). The van der Waals surface area contributed by atoms with E-state index in [-0.39, 0.29) is 0 Å². The fraction of sp³-hybridized carbons (Fsp3) is 0.556. The quantitative estimate of drug-likeness (QED) is 0.693. The van der Waals surface area contributed by atoms with Crippen molar-refractivity contribution in [3.63, 3.8) is 0 Å². The summed E-state index contributed by atoms with van der Waals surface area (Å²) >= 11 is 0. The van der Waals surface area contributed by atoms with Gasteiger partial charge in [0.2, 0.25) is 0 Å². The van der Waals surface area contributed by atoms with Gasteiger partial charge < -0.3 is 4.98 Å². The standard InChI is InChI=1S/C6H10N2.C3H5N/c1-3-6-4-7-5(2)8-6;1-2-3-4/h4H,3H2,1-2H3,(H,7,8);2H2,1H3. The Balaban J connectivity index is 0.000000261. The van der Waals surface area contributed by atoms with Crippen molar-refractivity contribution in [2.45, 2.75) is 33.6 Å². The number of nitrogens with zero attached hydrogens (tertiary/aromatic N) is 2. The number of hydrogen-bond acceptors (Lipinski definition) is 2. The van der Waals surface area contributed by atoms with Crippen molar-refractivity contribution in [2.24, 2.45) is 0 Å². The Morgan fingerprint density at radius 2 is 2.17 bits per heavy atom. The number of aromatic amines is 1. The van der Waals surface area contributed by atoms with Gasteiger partial charge in [0.25, 0.3) is 0 Å². The Hall–Kier alpha value is -1.30. The predicted octanol–water partition coefficient (Wildman–Crippen LogP) is 2.20. The molecule has 0 aliphatic carbocycles. The van der Waals surface area contributed by atoms with Crippen LogP contribution in [0.3, 0.4) is 0 Å². The van der Waals surface area contributed by atoms with E-state index in [9.17, 15) is 0 Å². The predicted molar refractivity (Wildman–Crippen MR) is 48.6 cm³/mol. The topological polar surface area (TPSA) is 52.5 Å². The highest BCUT2D eigenvalue weighted by Crippen LogP contribution is 1.94. The Morgan fingerprint density at radius 3 is 2.33 bits per heavy atom. The lowest BCUT2D eigenvalue weighted by Gasteiger charge is -1.82. The van der Waals surface area contributed by atoms with Crippen molar-refractivity contribution in [3.05, 3.63) is 17.7 Å². The molecule has 0 aliphatic heterocycles. The molecule has 0 radical (unpaired) electrons. The first-order chi connectivity index (χ1) is 5.74. The summed E-state index contributed by atoms with van der Waals surface area (Å²) in [5.74, 6) is 1.00. The molecule has 1 aromatic heterocycles. The second kappa shape index (κ2) is 6.41. The van der Waals surface area contributed by atoms with Crippen LogP contribution in [0.2, 0.25) is 0 Å². The van der Waals surface area contributed by atoms with Crippen molar-refractivity contribution in [3.8, 4) is 6.07 Å². The highest BCUT2D eigenvalue weighted by atomic mass is 14.9. The van der Waals surface area contributed by atoms with Gasteiger partial charge in [-0.25, -0.2) is 4.98 Å². The van der Waals surface area contributed by atoms with E-state index in [1.54, 1.807) is 0 Å². The van der Waals surface area contributed by atoms with Crippen LogP contribution in [-0.2, 0) is 6.42 Å². The Labute approximate surface area is 73.4 Å². The molecular formula is C9H15N3. The van der Waals surface area contributed by atoms with Crippen molar-refractivity contribution in [1.29, 1.82) is 5.26 Å². The molecule has 0 spiro atoms. The van der Waals surface area contributed by atoms with Crippen molar-refractivity contribution in [2.75, 3.05) is 0 Å². The fourth-order valence-corrected chi connectivity index (χ4v) is 0.651. The average molecular weight is 165 g/mol. The molecule has 0 saturated heterocycles. The first-order valence-corrected chi connectivity index (χ1v) is 4.12. The van der Waals surface area contributed by atoms with Gasteiger partial charge in [0.1, 0.15) is 5.82 Å². The Morgan fingerprint density at radius 1 is 1.58 bits per heavy atom. The van der Waals surface area contributed by atoms with Crippen LogP contribution in [0.25, 0.3) is 0 Å². The maximum absolute atomic E-state index is 7.62. The number of aromatic nitrogens is 2. The second-order valence-electron chi connectivity index (χ2n) is 2.36. The lowest BCUT2D eigenvalue weighted by molar-refractivity contribution is 1.04. The Bertz CT molecular complexity index is 245. The van der Waals surface area contributed by atoms with Crippen molar-refractivity contribution in [1.82, 2.24) is 9.97 Å². The molecular weight excluding hydrogens is 150 g/mol. The largest absolute Gasteiger partial charge is 0.346 e. The smallest absolute Gasteiger partial charge is 0.103 e. The molecule has 1 N–H and O–H groups in total. The highest BCUT2D eigenvalue weighted by Gasteiger charge is 1.89. The van der Waals surface area contributed by atoms with Crippen LogP contribution in [0.4, 0.5) is 0 Å². The van der Waals surface area contributed by atoms with E-state index in [0.29, 0.717) is 6.42 Å². The molecule has 12 heavy (non-hydrogen) atoms. The summed E-state index contributed by atoms with van der Waals surface area (Å²) in [6.07, 6.45) is 3.54. The zero-order valence-electron chi connectivity index (χ0n) is 7.89. The van der Waals surface area contributed by atoms with Gasteiger partial charge in [-0.2, -0.15) is 5.26 Å². The summed E-state index contributed by atoms with van der Waals surface area (Å²) in [5.41, 5.74) is 1.21. The minimum atomic E-state index is 0.625. The molecule has 66 valence electrons. The number of hydrogen-bond donors (Lipinski definition) is 1. The number of nitrogens with one attached hydrogen (secondary N) is 1. The normalized spacial score (nSPS) is 8.17. The zero-order valence-corrected chi connectivity index (χ0v) is 7.89. The fourth-order valence-electron chi connectivity index (χ4n) is 0.651. The summed E-state index contributed by atoms with van der Waals surface area (Å²) in [4.78, 5) is 7.15. The van der Waals surface area contributed by atoms with E-state index >= 15 is 0 Å². The zero-order chi connectivity index (χ0) is 9.40. The van der Waals surface area contributed by atoms with E-state index in [1.807, 2.05) is 26.1 Å². The van der Waals surface area contributed by atoms with Gasteiger partial charge >= 0.3 is 0 Å². The summed E-state index contributed by atoms with van der Waals surface area (Å²) in [5, 5.41) is 7.62. The lowest BCUT2D eigenvalue weighted by atomic mass is 10.4. The number of nitriles is 1. The average Bonchev–Trinajstić information content (AvgIpc) is 2.52. The third-order valence-corrected chi connectivity index (χ3v) is 1.29. The molecule has 0 atom stereocenters. The van der Waals surface area contributed by atoms with E-state index in [0.717, 1.165) is 12.2 Å². The third-order valence-electron chi connectivity index (χ3n) is 1.29. The van der Waals surface area contributed by atoms with Gasteiger partial charge in [-0.05, 0) is 13.3 Å². The molecule has 3 nitrogen and oxygen atoms in total. The van der Waals surface area contributed by atoms with Crippen LogP contribution < -0.4 is 0 Å². The SMILES string of the molecule is CCC#N.CCc1cnc(C)[nH]1. The van der Waals surface area contributed by atoms with Crippen LogP contribution in [0, 0.1) is 18.3 Å². The maximum atomic E-state index is 7.62. The number of aryl methyl sites for hydroxylation is 2. The molecule has 0 aromatic carbocycles. The minimum Gasteiger partial charge on any atom is -0.346 e. The van der Waals surface area contributed by atoms with Gasteiger partial charge in [0.05, 0.1) is 6.07 Å². The summed E-state index contributed by atoms with van der Waals surface area (Å²) in [6, 6.07) is 1.93. The minimum absolute atomic E-state index is 0.625. The van der Waals surface area contributed by atoms with Crippen LogP contribution >= 0.6 is 0 Å². The van der Waals surface area contributed by atoms with Gasteiger partial charge in [-0.3, -0.25) is 0 Å². The summed E-state index contributed by atoms with van der Waals surface area (Å²) in [6.45, 7) is 5.88. The van der Waals surface area contributed by atoms with E-state index in [1.165, 1.54) is 5.69 Å². The first-order valence-electron chi connectivity index (χ1n) is 4.12. The molecule has 0 bridgehead atoms. The molecule has 1 heterocycles. The number of H-pyrrole nitrogens is 1. The van der Waals surface area contributed by atoms with E-state index < -0.39 is 0 Å². The van der Waals surface area contributed by atoms with Crippen molar-refractivity contribution >= 4 is 0 Å². The molecule has 1 aromatic rings. The van der Waals surface area contributed by atoms with Crippen LogP contribution in [0.15, 0.2) is 6.20 Å². The van der Waals surface area contributed by atoms with Gasteiger partial charge in [0, 0.05) is 18.3 Å². The monoisotopic (exact) mass is 165 g/mol. The van der Waals surface area contributed by atoms with Gasteiger partial charge in [-0.15, -0.1) is 0 Å². The van der Waals surface area contributed by atoms with Crippen LogP contribution in [-0.4, -0.2) is 9.97 Å². The number of imidazole rings is 1. The van der Waals surface area contributed by atoms with Crippen LogP contribution in [0.5, 0.6) is 0 Å². The summed E-state index contributed by atoms with van der Waals surface area (Å²) in [7, 11) is 0. The molecule has 0 saturated carbocycles. The molecule has 0 amide bonds. The number of rotatable bonds is 1. The van der Waals surface area contributed by atoms with Crippen LogP contribution in [0.1, 0.15) is 31.8 Å². The lowest BCUT2D eigenvalue weighted by Crippen LogP contribution is -1.76. The van der Waals surface area contributed by atoms with Gasteiger partial charge in [0.15, 0.2) is 0 Å². The first kappa shape index (κ1) is 10.7. The molecule has 0 fully saturated rings. The van der Waals surface area contributed by atoms with Crippen molar-refractivity contribution < 1.29 is 0 Å². The molecule has 3 heteroatoms. The maximum Gasteiger partial charge on any atom is 0.103 e.